The van der Waals surface area contributed by atoms with Crippen molar-refractivity contribution < 1.29 is 9.90 Å². The quantitative estimate of drug-likeness (QED) is 0.517. The van der Waals surface area contributed by atoms with Gasteiger partial charge in [-0.15, -0.1) is 0 Å². The van der Waals surface area contributed by atoms with Gasteiger partial charge in [-0.05, 0) is 24.6 Å². The predicted octanol–water partition coefficient (Wildman–Crippen LogP) is 0.985. The molecule has 0 aliphatic rings. The summed E-state index contributed by atoms with van der Waals surface area (Å²) in [7, 11) is 3.25. The molecule has 0 unspecified atom stereocenters. The number of nitrogens with zero attached hydrogens (tertiary/aromatic N) is 1. The van der Waals surface area contributed by atoms with Crippen molar-refractivity contribution in [2.24, 2.45) is 0 Å². The van der Waals surface area contributed by atoms with Crippen LogP contribution in [0.15, 0.2) is 12.1 Å². The summed E-state index contributed by atoms with van der Waals surface area (Å²) in [6, 6.07) is 3.25. The summed E-state index contributed by atoms with van der Waals surface area (Å²) in [6.07, 6.45) is 0. The van der Waals surface area contributed by atoms with Crippen molar-refractivity contribution in [1.29, 1.82) is 0 Å². The fraction of sp³-hybridized carbons (Fsp3) is 0.300. The third-order valence-electron chi connectivity index (χ3n) is 1.92. The van der Waals surface area contributed by atoms with Gasteiger partial charge in [0.05, 0.1) is 11.3 Å². The Labute approximate surface area is 82.9 Å². The molecule has 0 heterocycles. The Kier molecular flexibility index (Phi) is 2.65. The number of nitrogen functional groups attached to an aromatic ring is 1. The number of phenolic OH excluding ortho intramolecular Hbond substituents is 1. The van der Waals surface area contributed by atoms with E-state index in [-0.39, 0.29) is 22.9 Å². The van der Waals surface area contributed by atoms with Gasteiger partial charge >= 0.3 is 0 Å². The van der Waals surface area contributed by atoms with Crippen molar-refractivity contribution in [3.8, 4) is 5.75 Å². The van der Waals surface area contributed by atoms with Crippen molar-refractivity contribution in [3.05, 3.63) is 23.3 Å². The van der Waals surface area contributed by atoms with Crippen LogP contribution < -0.4 is 5.73 Å². The zero-order valence-corrected chi connectivity index (χ0v) is 8.53. The number of hydrogen-bond donors (Lipinski definition) is 2. The van der Waals surface area contributed by atoms with Gasteiger partial charge in [-0.25, -0.2) is 0 Å². The molecular formula is C10H14N2O2. The number of anilines is 1. The van der Waals surface area contributed by atoms with Gasteiger partial charge in [0.25, 0.3) is 5.91 Å². The molecule has 4 nitrogen and oxygen atoms in total. The fourth-order valence-corrected chi connectivity index (χ4v) is 1.21. The van der Waals surface area contributed by atoms with Crippen molar-refractivity contribution in [2.45, 2.75) is 6.92 Å². The van der Waals surface area contributed by atoms with Crippen molar-refractivity contribution in [1.82, 2.24) is 4.90 Å². The van der Waals surface area contributed by atoms with Crippen LogP contribution in [0.2, 0.25) is 0 Å². The van der Waals surface area contributed by atoms with Crippen LogP contribution in [-0.4, -0.2) is 30.0 Å². The van der Waals surface area contributed by atoms with Gasteiger partial charge in [-0.1, -0.05) is 0 Å². The second-order valence-electron chi connectivity index (χ2n) is 3.45. The van der Waals surface area contributed by atoms with E-state index in [1.165, 1.54) is 4.90 Å². The molecule has 0 bridgehead atoms. The van der Waals surface area contributed by atoms with Gasteiger partial charge in [0, 0.05) is 14.1 Å². The van der Waals surface area contributed by atoms with Crippen LogP contribution in [0.25, 0.3) is 0 Å². The standard InChI is InChI=1S/C10H14N2O2/c1-6-4-7(10(14)12(2)3)9(13)8(11)5-6/h4-5,13H,11H2,1-3H3. The second-order valence-corrected chi connectivity index (χ2v) is 3.45. The van der Waals surface area contributed by atoms with Crippen molar-refractivity contribution >= 4 is 11.6 Å². The highest BCUT2D eigenvalue weighted by Gasteiger charge is 2.15. The molecule has 3 N–H and O–H groups in total. The summed E-state index contributed by atoms with van der Waals surface area (Å²) in [5.74, 6) is -0.396. The van der Waals surface area contributed by atoms with E-state index >= 15 is 0 Å². The number of rotatable bonds is 1. The lowest BCUT2D eigenvalue weighted by molar-refractivity contribution is 0.0824. The number of amides is 1. The maximum Gasteiger partial charge on any atom is 0.257 e. The topological polar surface area (TPSA) is 66.6 Å². The van der Waals surface area contributed by atoms with Gasteiger partial charge in [0.1, 0.15) is 0 Å². The zero-order chi connectivity index (χ0) is 10.9. The molecule has 1 amide bonds. The van der Waals surface area contributed by atoms with Crippen molar-refractivity contribution in [3.63, 3.8) is 0 Å². The molecule has 0 saturated carbocycles. The van der Waals surface area contributed by atoms with E-state index in [9.17, 15) is 9.90 Å². The minimum atomic E-state index is -0.252. The van der Waals surface area contributed by atoms with E-state index in [1.807, 2.05) is 6.92 Å². The van der Waals surface area contributed by atoms with Crippen LogP contribution in [0.3, 0.4) is 0 Å². The van der Waals surface area contributed by atoms with E-state index < -0.39 is 0 Å². The molecule has 1 rings (SSSR count). The van der Waals surface area contributed by atoms with E-state index in [0.29, 0.717) is 0 Å². The van der Waals surface area contributed by atoms with Gasteiger partial charge in [0.15, 0.2) is 5.75 Å². The number of benzene rings is 1. The average molecular weight is 194 g/mol. The number of phenols is 1. The highest BCUT2D eigenvalue weighted by molar-refractivity contribution is 5.98. The van der Waals surface area contributed by atoms with Crippen LogP contribution in [-0.2, 0) is 0 Å². The summed E-state index contributed by atoms with van der Waals surface area (Å²) >= 11 is 0. The SMILES string of the molecule is Cc1cc(N)c(O)c(C(=O)N(C)C)c1. The maximum atomic E-state index is 11.6. The molecule has 14 heavy (non-hydrogen) atoms. The lowest BCUT2D eigenvalue weighted by Crippen LogP contribution is -2.22. The van der Waals surface area contributed by atoms with Gasteiger partial charge < -0.3 is 15.7 Å². The predicted molar refractivity (Wildman–Crippen MR) is 55.3 cm³/mol. The number of carbonyl (C=O) groups is 1. The first-order valence-electron chi connectivity index (χ1n) is 4.24. The molecule has 0 atom stereocenters. The zero-order valence-electron chi connectivity index (χ0n) is 8.53. The fourth-order valence-electron chi connectivity index (χ4n) is 1.21. The van der Waals surface area contributed by atoms with Gasteiger partial charge in [0.2, 0.25) is 0 Å². The molecule has 76 valence electrons. The monoisotopic (exact) mass is 194 g/mol. The Morgan fingerprint density at radius 1 is 1.43 bits per heavy atom. The summed E-state index contributed by atoms with van der Waals surface area (Å²) < 4.78 is 0. The largest absolute Gasteiger partial charge is 0.505 e. The molecule has 0 saturated heterocycles. The average Bonchev–Trinajstić information content (AvgIpc) is 2.09. The molecule has 0 fully saturated rings. The second kappa shape index (κ2) is 3.57. The van der Waals surface area contributed by atoms with E-state index in [0.717, 1.165) is 5.56 Å². The van der Waals surface area contributed by atoms with Crippen LogP contribution >= 0.6 is 0 Å². The molecule has 0 aromatic heterocycles. The first-order chi connectivity index (χ1) is 6.43. The van der Waals surface area contributed by atoms with Crippen molar-refractivity contribution in [2.75, 3.05) is 19.8 Å². The highest BCUT2D eigenvalue weighted by atomic mass is 16.3. The third kappa shape index (κ3) is 1.79. The molecule has 0 radical (unpaired) electrons. The Hall–Kier alpha value is -1.71. The van der Waals surface area contributed by atoms with E-state index in [1.54, 1.807) is 26.2 Å². The minimum Gasteiger partial charge on any atom is -0.505 e. The minimum absolute atomic E-state index is 0.144. The molecule has 1 aromatic rings. The third-order valence-corrected chi connectivity index (χ3v) is 1.92. The maximum absolute atomic E-state index is 11.6. The number of hydrogen-bond acceptors (Lipinski definition) is 3. The first-order valence-corrected chi connectivity index (χ1v) is 4.24. The lowest BCUT2D eigenvalue weighted by Gasteiger charge is -2.13. The number of aromatic hydroxyl groups is 1. The first kappa shape index (κ1) is 10.4. The highest BCUT2D eigenvalue weighted by Crippen LogP contribution is 2.27. The summed E-state index contributed by atoms with van der Waals surface area (Å²) in [6.45, 7) is 1.82. The number of carbonyl (C=O) groups excluding carboxylic acids is 1. The molecule has 0 aliphatic carbocycles. The lowest BCUT2D eigenvalue weighted by atomic mass is 10.1. The molecular weight excluding hydrogens is 180 g/mol. The summed E-state index contributed by atoms with van der Waals surface area (Å²) in [4.78, 5) is 13.0. The molecule has 0 aliphatic heterocycles. The summed E-state index contributed by atoms with van der Waals surface area (Å²) in [5.41, 5.74) is 6.87. The Morgan fingerprint density at radius 3 is 2.50 bits per heavy atom. The van der Waals surface area contributed by atoms with Crippen LogP contribution in [0.1, 0.15) is 15.9 Å². The smallest absolute Gasteiger partial charge is 0.257 e. The van der Waals surface area contributed by atoms with Crippen LogP contribution in [0.4, 0.5) is 5.69 Å². The normalized spacial score (nSPS) is 9.93. The number of aryl methyl sites for hydroxylation is 1. The molecule has 4 heteroatoms. The molecule has 1 aromatic carbocycles. The molecule has 0 spiro atoms. The van der Waals surface area contributed by atoms with Crippen LogP contribution in [0, 0.1) is 6.92 Å². The Balaban J connectivity index is 3.27. The number of nitrogens with two attached hydrogens (primary N) is 1. The van der Waals surface area contributed by atoms with Crippen LogP contribution in [0.5, 0.6) is 5.75 Å². The Morgan fingerprint density at radius 2 is 2.00 bits per heavy atom. The van der Waals surface area contributed by atoms with Gasteiger partial charge in [-0.2, -0.15) is 0 Å². The van der Waals surface area contributed by atoms with E-state index in [4.69, 9.17) is 5.73 Å². The van der Waals surface area contributed by atoms with Gasteiger partial charge in [-0.3, -0.25) is 4.79 Å². The Bertz CT molecular complexity index is 373. The summed E-state index contributed by atoms with van der Waals surface area (Å²) in [5, 5.41) is 9.57. The van der Waals surface area contributed by atoms with E-state index in [2.05, 4.69) is 0 Å².